The van der Waals surface area contributed by atoms with Gasteiger partial charge in [-0.2, -0.15) is 0 Å². The van der Waals surface area contributed by atoms with Crippen molar-refractivity contribution in [2.75, 3.05) is 36.8 Å². The van der Waals surface area contributed by atoms with Gasteiger partial charge in [0.1, 0.15) is 29.4 Å². The van der Waals surface area contributed by atoms with E-state index in [0.717, 1.165) is 49.0 Å². The molecule has 3 aromatic rings. The molecule has 0 radical (unpaired) electrons. The number of nitrogens with one attached hydrogen (secondary N) is 4. The molecule has 34 heavy (non-hydrogen) atoms. The summed E-state index contributed by atoms with van der Waals surface area (Å²) in [6.07, 6.45) is 1.20. The monoisotopic (exact) mass is 454 g/mol. The van der Waals surface area contributed by atoms with E-state index >= 15 is 0 Å². The first-order valence-electron chi connectivity index (χ1n) is 10.9. The van der Waals surface area contributed by atoms with Crippen LogP contribution in [0.2, 0.25) is 0 Å². The SMILES string of the molecule is O=C(Nc1ccc(C2=NCCN2)cc1)c1cc(C(=O)Nc2ccc(C3=NCCN3)cc2)ncn1. The first-order valence-corrected chi connectivity index (χ1v) is 10.9. The van der Waals surface area contributed by atoms with Gasteiger partial charge < -0.3 is 21.3 Å². The number of aromatic nitrogens is 2. The Morgan fingerprint density at radius 1 is 0.676 bits per heavy atom. The highest BCUT2D eigenvalue weighted by atomic mass is 16.2. The van der Waals surface area contributed by atoms with Crippen LogP contribution < -0.4 is 21.3 Å². The van der Waals surface area contributed by atoms with Gasteiger partial charge in [-0.25, -0.2) is 9.97 Å². The van der Waals surface area contributed by atoms with Gasteiger partial charge in [0.05, 0.1) is 13.1 Å². The number of hydrogen-bond donors (Lipinski definition) is 4. The highest BCUT2D eigenvalue weighted by Crippen LogP contribution is 2.14. The quantitative estimate of drug-likeness (QED) is 0.448. The predicted octanol–water partition coefficient (Wildman–Crippen LogP) is 1.68. The van der Waals surface area contributed by atoms with E-state index in [0.29, 0.717) is 11.4 Å². The second kappa shape index (κ2) is 9.49. The molecule has 4 N–H and O–H groups in total. The molecule has 0 atom stereocenters. The fraction of sp³-hybridized carbons (Fsp3) is 0.167. The van der Waals surface area contributed by atoms with E-state index in [1.54, 1.807) is 24.3 Å². The molecule has 0 aliphatic carbocycles. The summed E-state index contributed by atoms with van der Waals surface area (Å²) in [5.41, 5.74) is 3.31. The Balaban J connectivity index is 1.22. The molecular weight excluding hydrogens is 432 g/mol. The van der Waals surface area contributed by atoms with Crippen molar-refractivity contribution in [3.05, 3.63) is 83.4 Å². The zero-order valence-electron chi connectivity index (χ0n) is 18.2. The lowest BCUT2D eigenvalue weighted by atomic mass is 10.2. The van der Waals surface area contributed by atoms with Crippen LogP contribution >= 0.6 is 0 Å². The maximum Gasteiger partial charge on any atom is 0.274 e. The smallest absolute Gasteiger partial charge is 0.274 e. The fourth-order valence-electron chi connectivity index (χ4n) is 3.60. The van der Waals surface area contributed by atoms with Gasteiger partial charge in [-0.1, -0.05) is 0 Å². The first kappa shape index (κ1) is 21.3. The number of amides is 2. The van der Waals surface area contributed by atoms with Crippen molar-refractivity contribution in [3.63, 3.8) is 0 Å². The van der Waals surface area contributed by atoms with Crippen LogP contribution in [0, 0.1) is 0 Å². The summed E-state index contributed by atoms with van der Waals surface area (Å²) >= 11 is 0. The van der Waals surface area contributed by atoms with Crippen LogP contribution in [0.5, 0.6) is 0 Å². The third kappa shape index (κ3) is 4.75. The minimum Gasteiger partial charge on any atom is -0.368 e. The molecule has 10 heteroatoms. The Morgan fingerprint density at radius 2 is 1.12 bits per heavy atom. The number of benzene rings is 2. The summed E-state index contributed by atoms with van der Waals surface area (Å²) in [5.74, 6) is 0.829. The molecule has 0 fully saturated rings. The largest absolute Gasteiger partial charge is 0.368 e. The lowest BCUT2D eigenvalue weighted by Crippen LogP contribution is -2.20. The molecule has 2 aliphatic heterocycles. The van der Waals surface area contributed by atoms with Crippen LogP contribution in [0.4, 0.5) is 11.4 Å². The minimum atomic E-state index is -0.435. The van der Waals surface area contributed by atoms with Crippen LogP contribution in [-0.4, -0.2) is 59.6 Å². The van der Waals surface area contributed by atoms with Gasteiger partial charge in [0.25, 0.3) is 11.8 Å². The summed E-state index contributed by atoms with van der Waals surface area (Å²) in [6.45, 7) is 3.18. The van der Waals surface area contributed by atoms with Crippen LogP contribution in [0.25, 0.3) is 0 Å². The number of rotatable bonds is 6. The minimum absolute atomic E-state index is 0.0896. The molecule has 170 valence electrons. The van der Waals surface area contributed by atoms with E-state index in [4.69, 9.17) is 0 Å². The lowest BCUT2D eigenvalue weighted by molar-refractivity contribution is 0.102. The van der Waals surface area contributed by atoms with Gasteiger partial charge in [-0.15, -0.1) is 0 Å². The van der Waals surface area contributed by atoms with Gasteiger partial charge in [0.2, 0.25) is 0 Å². The van der Waals surface area contributed by atoms with Crippen LogP contribution in [0.1, 0.15) is 32.1 Å². The van der Waals surface area contributed by atoms with Crippen molar-refractivity contribution in [1.29, 1.82) is 0 Å². The number of anilines is 2. The molecule has 2 aliphatic rings. The van der Waals surface area contributed by atoms with Crippen molar-refractivity contribution < 1.29 is 9.59 Å². The fourth-order valence-corrected chi connectivity index (χ4v) is 3.60. The summed E-state index contributed by atoms with van der Waals surface area (Å²) in [6, 6.07) is 16.1. The molecule has 0 unspecified atom stereocenters. The molecule has 0 saturated heterocycles. The van der Waals surface area contributed by atoms with Gasteiger partial charge in [0, 0.05) is 41.7 Å². The average Bonchev–Trinajstić information content (AvgIpc) is 3.60. The molecular formula is C24H22N8O2. The Labute approximate surface area is 195 Å². The standard InChI is InChI=1S/C24H22N8O2/c33-23(31-17-5-1-15(2-6-17)21-25-9-10-26-21)19-13-20(30-14-29-19)24(34)32-18-7-3-16(4-8-18)22-27-11-12-28-22/h1-8,13-14H,9-12H2,(H,25,26)(H,27,28)(H,31,33)(H,32,34). The highest BCUT2D eigenvalue weighted by molar-refractivity contribution is 6.07. The number of carbonyl (C=O) groups excluding carboxylic acids is 2. The molecule has 2 amide bonds. The highest BCUT2D eigenvalue weighted by Gasteiger charge is 2.15. The van der Waals surface area contributed by atoms with E-state index in [1.807, 2.05) is 24.3 Å². The number of amidine groups is 2. The molecule has 0 spiro atoms. The lowest BCUT2D eigenvalue weighted by Gasteiger charge is -2.08. The molecule has 10 nitrogen and oxygen atoms in total. The zero-order chi connectivity index (χ0) is 23.3. The maximum atomic E-state index is 12.7. The van der Waals surface area contributed by atoms with Gasteiger partial charge in [0.15, 0.2) is 0 Å². The predicted molar refractivity (Wildman–Crippen MR) is 130 cm³/mol. The van der Waals surface area contributed by atoms with Crippen molar-refractivity contribution in [3.8, 4) is 0 Å². The normalized spacial score (nSPS) is 14.5. The van der Waals surface area contributed by atoms with Crippen molar-refractivity contribution >= 4 is 34.9 Å². The first-order chi connectivity index (χ1) is 16.7. The van der Waals surface area contributed by atoms with Crippen LogP contribution in [-0.2, 0) is 0 Å². The summed E-state index contributed by atoms with van der Waals surface area (Å²) in [4.78, 5) is 42.1. The number of aliphatic imine (C=N–C) groups is 2. The second-order valence-corrected chi connectivity index (χ2v) is 7.67. The maximum absolute atomic E-state index is 12.7. The topological polar surface area (TPSA) is 133 Å². The Morgan fingerprint density at radius 3 is 1.50 bits per heavy atom. The van der Waals surface area contributed by atoms with Gasteiger partial charge in [-0.3, -0.25) is 19.6 Å². The molecule has 0 bridgehead atoms. The zero-order valence-corrected chi connectivity index (χ0v) is 18.2. The van der Waals surface area contributed by atoms with Crippen molar-refractivity contribution in [1.82, 2.24) is 20.6 Å². The van der Waals surface area contributed by atoms with Gasteiger partial charge in [-0.05, 0) is 48.5 Å². The molecule has 0 saturated carbocycles. The van der Waals surface area contributed by atoms with Crippen LogP contribution in [0.15, 0.2) is 70.9 Å². The Bertz CT molecular complexity index is 1190. The third-order valence-corrected chi connectivity index (χ3v) is 5.31. The second-order valence-electron chi connectivity index (χ2n) is 7.67. The molecule has 1 aromatic heterocycles. The van der Waals surface area contributed by atoms with E-state index < -0.39 is 11.8 Å². The molecule has 5 rings (SSSR count). The summed E-state index contributed by atoms with van der Waals surface area (Å²) in [5, 5.41) is 12.0. The van der Waals surface area contributed by atoms with Crippen molar-refractivity contribution in [2.45, 2.75) is 0 Å². The molecule has 2 aromatic carbocycles. The Kier molecular flexibility index (Phi) is 5.93. The van der Waals surface area contributed by atoms with Gasteiger partial charge >= 0.3 is 0 Å². The molecule has 3 heterocycles. The average molecular weight is 454 g/mol. The number of carbonyl (C=O) groups is 2. The Hall–Kier alpha value is -4.60. The number of nitrogens with zero attached hydrogens (tertiary/aromatic N) is 4. The van der Waals surface area contributed by atoms with E-state index in [-0.39, 0.29) is 11.4 Å². The van der Waals surface area contributed by atoms with E-state index in [9.17, 15) is 9.59 Å². The third-order valence-electron chi connectivity index (χ3n) is 5.31. The summed E-state index contributed by atoms with van der Waals surface area (Å²) in [7, 11) is 0. The van der Waals surface area contributed by atoms with Crippen molar-refractivity contribution in [2.24, 2.45) is 9.98 Å². The summed E-state index contributed by atoms with van der Waals surface area (Å²) < 4.78 is 0. The van der Waals surface area contributed by atoms with E-state index in [2.05, 4.69) is 41.2 Å². The van der Waals surface area contributed by atoms with Crippen LogP contribution in [0.3, 0.4) is 0 Å². The number of hydrogen-bond acceptors (Lipinski definition) is 8. The van der Waals surface area contributed by atoms with E-state index in [1.165, 1.54) is 12.4 Å².